The minimum Gasteiger partial charge on any atom is -0.436 e. The minimum absolute atomic E-state index is 0.0677. The van der Waals surface area contributed by atoms with Gasteiger partial charge in [-0.1, -0.05) is 6.07 Å². The first kappa shape index (κ1) is 14.7. The summed E-state index contributed by atoms with van der Waals surface area (Å²) >= 11 is 0. The Morgan fingerprint density at radius 3 is 2.86 bits per heavy atom. The maximum Gasteiger partial charge on any atom is 0.307 e. The Balaban J connectivity index is 1.64. The molecule has 0 bridgehead atoms. The Kier molecular flexibility index (Phi) is 3.94. The fraction of sp³-hybridized carbons (Fsp3) is 0.438. The molecule has 0 radical (unpaired) electrons. The van der Waals surface area contributed by atoms with E-state index in [0.717, 1.165) is 29.4 Å². The predicted octanol–water partition coefficient (Wildman–Crippen LogP) is 2.03. The summed E-state index contributed by atoms with van der Waals surface area (Å²) in [5, 5.41) is 2.79. The number of amides is 1. The average molecular weight is 300 g/mol. The van der Waals surface area contributed by atoms with Crippen LogP contribution in [0.25, 0.3) is 0 Å². The number of oxazole rings is 1. The number of pyridine rings is 1. The zero-order valence-corrected chi connectivity index (χ0v) is 13.1. The van der Waals surface area contributed by atoms with Gasteiger partial charge in [-0.2, -0.15) is 0 Å². The quantitative estimate of drug-likeness (QED) is 0.935. The van der Waals surface area contributed by atoms with E-state index in [2.05, 4.69) is 20.2 Å². The first-order valence-corrected chi connectivity index (χ1v) is 7.45. The summed E-state index contributed by atoms with van der Waals surface area (Å²) in [7, 11) is 0. The molecule has 6 nitrogen and oxygen atoms in total. The normalized spacial score (nSPS) is 14.4. The van der Waals surface area contributed by atoms with Gasteiger partial charge in [0.15, 0.2) is 0 Å². The molecule has 2 aromatic heterocycles. The summed E-state index contributed by atoms with van der Waals surface area (Å²) in [4.78, 5) is 22.9. The monoisotopic (exact) mass is 300 g/mol. The number of aryl methyl sites for hydroxylation is 1. The molecule has 1 N–H and O–H groups in total. The molecule has 0 aliphatic carbocycles. The lowest BCUT2D eigenvalue weighted by molar-refractivity contribution is 0.0903. The second-order valence-corrected chi connectivity index (χ2v) is 5.93. The molecule has 3 heterocycles. The molecule has 22 heavy (non-hydrogen) atoms. The molecule has 3 rings (SSSR count). The van der Waals surface area contributed by atoms with Crippen molar-refractivity contribution < 1.29 is 9.21 Å². The molecule has 0 saturated heterocycles. The average Bonchev–Trinajstić information content (AvgIpc) is 2.95. The van der Waals surface area contributed by atoms with E-state index in [0.29, 0.717) is 13.1 Å². The van der Waals surface area contributed by atoms with Crippen molar-refractivity contribution in [2.45, 2.75) is 46.4 Å². The number of rotatable bonds is 4. The molecule has 0 unspecified atom stereocenters. The molecule has 0 spiro atoms. The summed E-state index contributed by atoms with van der Waals surface area (Å²) in [5.74, 6) is 0.685. The van der Waals surface area contributed by atoms with Crippen LogP contribution in [0.5, 0.6) is 0 Å². The van der Waals surface area contributed by atoms with Crippen LogP contribution in [-0.4, -0.2) is 26.8 Å². The van der Waals surface area contributed by atoms with Crippen LogP contribution in [0, 0.1) is 6.92 Å². The van der Waals surface area contributed by atoms with Crippen LogP contribution >= 0.6 is 0 Å². The minimum atomic E-state index is -0.253. The van der Waals surface area contributed by atoms with E-state index in [1.165, 1.54) is 0 Å². The van der Waals surface area contributed by atoms with Crippen LogP contribution in [-0.2, 0) is 19.6 Å². The van der Waals surface area contributed by atoms with E-state index < -0.39 is 0 Å². The van der Waals surface area contributed by atoms with E-state index in [1.54, 1.807) is 0 Å². The Labute approximate surface area is 129 Å². The van der Waals surface area contributed by atoms with Gasteiger partial charge < -0.3 is 9.73 Å². The van der Waals surface area contributed by atoms with Gasteiger partial charge in [0.05, 0.1) is 17.9 Å². The third kappa shape index (κ3) is 3.17. The van der Waals surface area contributed by atoms with Crippen molar-refractivity contribution in [3.63, 3.8) is 0 Å². The van der Waals surface area contributed by atoms with Gasteiger partial charge in [0, 0.05) is 24.8 Å². The van der Waals surface area contributed by atoms with E-state index >= 15 is 0 Å². The first-order chi connectivity index (χ1) is 10.5. The van der Waals surface area contributed by atoms with Crippen LogP contribution in [0.4, 0.5) is 0 Å². The largest absolute Gasteiger partial charge is 0.436 e. The molecule has 2 aromatic rings. The fourth-order valence-electron chi connectivity index (χ4n) is 2.55. The number of nitrogens with one attached hydrogen (secondary N) is 1. The zero-order chi connectivity index (χ0) is 15.7. The Bertz CT molecular complexity index is 670. The van der Waals surface area contributed by atoms with Crippen LogP contribution in [0.15, 0.2) is 22.6 Å². The molecule has 0 saturated carbocycles. The molecule has 0 aromatic carbocycles. The molecule has 6 heteroatoms. The SMILES string of the molecule is Cc1cccc(CN2Cc3nc(C(=O)NC(C)C)oc3C2)n1. The molecular formula is C16H20N4O2. The van der Waals surface area contributed by atoms with Crippen molar-refractivity contribution >= 4 is 5.91 Å². The second kappa shape index (κ2) is 5.88. The van der Waals surface area contributed by atoms with Crippen molar-refractivity contribution in [2.24, 2.45) is 0 Å². The van der Waals surface area contributed by atoms with Crippen LogP contribution in [0.3, 0.4) is 0 Å². The molecule has 116 valence electrons. The second-order valence-electron chi connectivity index (χ2n) is 5.93. The number of fused-ring (bicyclic) bond motifs is 1. The lowest BCUT2D eigenvalue weighted by Crippen LogP contribution is -2.30. The van der Waals surface area contributed by atoms with Crippen LogP contribution < -0.4 is 5.32 Å². The Morgan fingerprint density at radius 2 is 2.18 bits per heavy atom. The first-order valence-electron chi connectivity index (χ1n) is 7.45. The summed E-state index contributed by atoms with van der Waals surface area (Å²) in [6.45, 7) is 7.90. The topological polar surface area (TPSA) is 71.3 Å². The number of carbonyl (C=O) groups is 1. The van der Waals surface area contributed by atoms with Gasteiger partial charge in [0.2, 0.25) is 0 Å². The Hall–Kier alpha value is -2.21. The van der Waals surface area contributed by atoms with Gasteiger partial charge in [-0.25, -0.2) is 4.98 Å². The van der Waals surface area contributed by atoms with Crippen LogP contribution in [0.2, 0.25) is 0 Å². The van der Waals surface area contributed by atoms with Gasteiger partial charge >= 0.3 is 5.91 Å². The fourth-order valence-corrected chi connectivity index (χ4v) is 2.55. The number of hydrogen-bond acceptors (Lipinski definition) is 5. The molecule has 0 atom stereocenters. The summed E-state index contributed by atoms with van der Waals surface area (Å²) < 4.78 is 5.60. The highest BCUT2D eigenvalue weighted by atomic mass is 16.4. The van der Waals surface area contributed by atoms with Gasteiger partial charge in [0.25, 0.3) is 5.89 Å². The lowest BCUT2D eigenvalue weighted by Gasteiger charge is -2.14. The standard InChI is InChI=1S/C16H20N4O2/c1-10(2)17-15(21)16-19-13-8-20(9-14(13)22-16)7-12-6-4-5-11(3)18-12/h4-6,10H,7-9H2,1-3H3,(H,17,21). The van der Waals surface area contributed by atoms with E-state index in [4.69, 9.17) is 4.42 Å². The van der Waals surface area contributed by atoms with Crippen molar-refractivity contribution in [3.8, 4) is 0 Å². The van der Waals surface area contributed by atoms with E-state index in [9.17, 15) is 4.79 Å². The van der Waals surface area contributed by atoms with Gasteiger partial charge in [0.1, 0.15) is 5.76 Å². The van der Waals surface area contributed by atoms with Gasteiger partial charge in [-0.3, -0.25) is 14.7 Å². The Morgan fingerprint density at radius 1 is 1.36 bits per heavy atom. The highest BCUT2D eigenvalue weighted by Gasteiger charge is 2.27. The highest BCUT2D eigenvalue weighted by molar-refractivity contribution is 5.89. The lowest BCUT2D eigenvalue weighted by atomic mass is 10.3. The third-order valence-corrected chi connectivity index (χ3v) is 3.46. The van der Waals surface area contributed by atoms with Gasteiger partial charge in [-0.15, -0.1) is 0 Å². The summed E-state index contributed by atoms with van der Waals surface area (Å²) in [5.41, 5.74) is 2.89. The van der Waals surface area contributed by atoms with Crippen molar-refractivity contribution in [2.75, 3.05) is 0 Å². The molecule has 1 aliphatic heterocycles. The number of carbonyl (C=O) groups excluding carboxylic acids is 1. The maximum absolute atomic E-state index is 11.9. The smallest absolute Gasteiger partial charge is 0.307 e. The number of hydrogen-bond donors (Lipinski definition) is 1. The summed E-state index contributed by atoms with van der Waals surface area (Å²) in [6, 6.07) is 6.08. The number of aromatic nitrogens is 2. The predicted molar refractivity (Wildman–Crippen MR) is 81.0 cm³/mol. The number of nitrogens with zero attached hydrogens (tertiary/aromatic N) is 3. The van der Waals surface area contributed by atoms with Crippen molar-refractivity contribution in [3.05, 3.63) is 46.9 Å². The molecule has 1 amide bonds. The van der Waals surface area contributed by atoms with Gasteiger partial charge in [-0.05, 0) is 32.9 Å². The molecule has 1 aliphatic rings. The van der Waals surface area contributed by atoms with E-state index in [-0.39, 0.29) is 17.8 Å². The van der Waals surface area contributed by atoms with Crippen molar-refractivity contribution in [1.82, 2.24) is 20.2 Å². The molecular weight excluding hydrogens is 280 g/mol. The van der Waals surface area contributed by atoms with Crippen LogP contribution in [0.1, 0.15) is 47.4 Å². The zero-order valence-electron chi connectivity index (χ0n) is 13.1. The van der Waals surface area contributed by atoms with Crippen molar-refractivity contribution in [1.29, 1.82) is 0 Å². The highest BCUT2D eigenvalue weighted by Crippen LogP contribution is 2.24. The van der Waals surface area contributed by atoms with E-state index in [1.807, 2.05) is 39.0 Å². The summed E-state index contributed by atoms with van der Waals surface area (Å²) in [6.07, 6.45) is 0. The maximum atomic E-state index is 11.9. The third-order valence-electron chi connectivity index (χ3n) is 3.46. The molecule has 0 fully saturated rings.